The predicted octanol–water partition coefficient (Wildman–Crippen LogP) is 4.74. The first-order chi connectivity index (χ1) is 6.86. The van der Waals surface area contributed by atoms with Crippen LogP contribution in [0.1, 0.15) is 62.3 Å². The number of hydrogen-bond acceptors (Lipinski definition) is 2. The number of hydrogen-bond donors (Lipinski definition) is 0. The molecule has 0 saturated heterocycles. The Morgan fingerprint density at radius 1 is 0.867 bits per heavy atom. The lowest BCUT2D eigenvalue weighted by atomic mass is 10.3. The van der Waals surface area contributed by atoms with Gasteiger partial charge in [-0.15, -0.1) is 0 Å². The van der Waals surface area contributed by atoms with Crippen LogP contribution in [0.25, 0.3) is 0 Å². The molecule has 0 rings (SSSR count). The van der Waals surface area contributed by atoms with E-state index in [1.54, 1.807) is 6.21 Å². The molecule has 0 atom stereocenters. The van der Waals surface area contributed by atoms with E-state index >= 15 is 0 Å². The molecule has 0 amide bonds. The third-order valence-corrected chi connectivity index (χ3v) is 0.631. The molecule has 0 radical (unpaired) electrons. The monoisotopic (exact) mass is 217 g/mol. The van der Waals surface area contributed by atoms with Crippen LogP contribution in [0, 0.1) is 11.8 Å². The average molecular weight is 217 g/mol. The number of oxime groups is 1. The highest BCUT2D eigenvalue weighted by Crippen LogP contribution is 1.90. The first kappa shape index (κ1) is 20.0. The molecule has 0 saturated carbocycles. The standard InChI is InChI=1S/C7H15NO.C4H10.C2H6/c1-6(2)5-8-9-7(3)4;1-4(2)3;1-2/h5-7H,1-4H3;4H,1-3H3;1-2H3/b8-5-;;. The van der Waals surface area contributed by atoms with E-state index in [1.807, 2.05) is 27.7 Å². The lowest BCUT2D eigenvalue weighted by molar-refractivity contribution is 0.0863. The zero-order chi connectivity index (χ0) is 12.9. The summed E-state index contributed by atoms with van der Waals surface area (Å²) in [6.45, 7) is 18.5. The summed E-state index contributed by atoms with van der Waals surface area (Å²) >= 11 is 0. The van der Waals surface area contributed by atoms with Crippen molar-refractivity contribution in [2.24, 2.45) is 17.0 Å². The van der Waals surface area contributed by atoms with Crippen LogP contribution < -0.4 is 0 Å². The fourth-order valence-electron chi connectivity index (χ4n) is 0.279. The van der Waals surface area contributed by atoms with Crippen LogP contribution >= 0.6 is 0 Å². The molecule has 2 nitrogen and oxygen atoms in total. The maximum atomic E-state index is 4.92. The van der Waals surface area contributed by atoms with Crippen LogP contribution in [0.5, 0.6) is 0 Å². The molecule has 0 aliphatic heterocycles. The minimum Gasteiger partial charge on any atom is -0.393 e. The molecule has 94 valence electrons. The van der Waals surface area contributed by atoms with Gasteiger partial charge >= 0.3 is 0 Å². The van der Waals surface area contributed by atoms with Gasteiger partial charge in [0.2, 0.25) is 0 Å². The minimum atomic E-state index is 0.194. The van der Waals surface area contributed by atoms with Crippen molar-refractivity contribution in [3.63, 3.8) is 0 Å². The minimum absolute atomic E-state index is 0.194. The van der Waals surface area contributed by atoms with Crippen LogP contribution in [-0.2, 0) is 4.84 Å². The summed E-state index contributed by atoms with van der Waals surface area (Å²) < 4.78 is 0. The van der Waals surface area contributed by atoms with E-state index in [9.17, 15) is 0 Å². The largest absolute Gasteiger partial charge is 0.393 e. The van der Waals surface area contributed by atoms with Crippen LogP contribution in [0.3, 0.4) is 0 Å². The molecule has 0 aromatic carbocycles. The zero-order valence-electron chi connectivity index (χ0n) is 12.2. The molecule has 0 bridgehead atoms. The van der Waals surface area contributed by atoms with Gasteiger partial charge in [0.05, 0.1) is 0 Å². The van der Waals surface area contributed by atoms with E-state index in [2.05, 4.69) is 39.8 Å². The van der Waals surface area contributed by atoms with E-state index in [0.717, 1.165) is 5.92 Å². The molecular weight excluding hydrogens is 186 g/mol. The first-order valence-corrected chi connectivity index (χ1v) is 6.05. The van der Waals surface area contributed by atoms with Crippen molar-refractivity contribution in [2.75, 3.05) is 0 Å². The van der Waals surface area contributed by atoms with Crippen molar-refractivity contribution in [2.45, 2.75) is 68.4 Å². The smallest absolute Gasteiger partial charge is 0.121 e. The summed E-state index contributed by atoms with van der Waals surface area (Å²) in [5.41, 5.74) is 0. The lowest BCUT2D eigenvalue weighted by Gasteiger charge is -2.00. The SMILES string of the molecule is CC.CC(C)/C=N\OC(C)C.CC(C)C. The number of rotatable bonds is 3. The quantitative estimate of drug-likeness (QED) is 0.494. The number of nitrogens with zero attached hydrogens (tertiary/aromatic N) is 1. The summed E-state index contributed by atoms with van der Waals surface area (Å²) in [6.07, 6.45) is 1.99. The summed E-state index contributed by atoms with van der Waals surface area (Å²) in [6, 6.07) is 0. The fourth-order valence-corrected chi connectivity index (χ4v) is 0.279. The Labute approximate surface area is 97.1 Å². The second-order valence-electron chi connectivity index (χ2n) is 4.38. The Hall–Kier alpha value is -0.530. The van der Waals surface area contributed by atoms with Crippen molar-refractivity contribution in [3.8, 4) is 0 Å². The van der Waals surface area contributed by atoms with Crippen LogP contribution in [0.4, 0.5) is 0 Å². The van der Waals surface area contributed by atoms with E-state index in [-0.39, 0.29) is 6.10 Å². The van der Waals surface area contributed by atoms with Crippen LogP contribution in [-0.4, -0.2) is 12.3 Å². The molecule has 0 spiro atoms. The van der Waals surface area contributed by atoms with Gasteiger partial charge in [-0.25, -0.2) is 0 Å². The van der Waals surface area contributed by atoms with E-state index in [4.69, 9.17) is 4.84 Å². The van der Waals surface area contributed by atoms with Crippen molar-refractivity contribution < 1.29 is 4.84 Å². The predicted molar refractivity (Wildman–Crippen MR) is 71.4 cm³/mol. The van der Waals surface area contributed by atoms with Crippen molar-refractivity contribution in [3.05, 3.63) is 0 Å². The van der Waals surface area contributed by atoms with Gasteiger partial charge in [-0.3, -0.25) is 0 Å². The van der Waals surface area contributed by atoms with Gasteiger partial charge in [0, 0.05) is 6.21 Å². The van der Waals surface area contributed by atoms with Crippen LogP contribution in [0.15, 0.2) is 5.16 Å². The highest BCUT2D eigenvalue weighted by Gasteiger charge is 1.88. The third kappa shape index (κ3) is 59.2. The molecule has 2 heteroatoms. The Morgan fingerprint density at radius 2 is 1.20 bits per heavy atom. The average Bonchev–Trinajstić information content (AvgIpc) is 2.05. The summed E-state index contributed by atoms with van der Waals surface area (Å²) in [5, 5.41) is 3.75. The topological polar surface area (TPSA) is 21.6 Å². The Balaban J connectivity index is -0.000000202. The van der Waals surface area contributed by atoms with Crippen molar-refractivity contribution in [1.82, 2.24) is 0 Å². The molecule has 15 heavy (non-hydrogen) atoms. The second kappa shape index (κ2) is 15.9. The Morgan fingerprint density at radius 3 is 1.40 bits per heavy atom. The van der Waals surface area contributed by atoms with Gasteiger partial charge in [0.1, 0.15) is 6.10 Å². The van der Waals surface area contributed by atoms with Crippen molar-refractivity contribution >= 4 is 6.21 Å². The highest BCUT2D eigenvalue weighted by molar-refractivity contribution is 5.58. The summed E-state index contributed by atoms with van der Waals surface area (Å²) in [4.78, 5) is 4.92. The van der Waals surface area contributed by atoms with E-state index in [0.29, 0.717) is 5.92 Å². The van der Waals surface area contributed by atoms with Gasteiger partial charge < -0.3 is 4.84 Å². The van der Waals surface area contributed by atoms with Crippen LogP contribution in [0.2, 0.25) is 0 Å². The first-order valence-electron chi connectivity index (χ1n) is 6.05. The second-order valence-corrected chi connectivity index (χ2v) is 4.38. The van der Waals surface area contributed by atoms with Gasteiger partial charge in [-0.05, 0) is 25.7 Å². The molecule has 0 aromatic heterocycles. The van der Waals surface area contributed by atoms with Gasteiger partial charge in [0.15, 0.2) is 0 Å². The molecule has 0 aliphatic rings. The maximum Gasteiger partial charge on any atom is 0.121 e. The van der Waals surface area contributed by atoms with Gasteiger partial charge in [-0.1, -0.05) is 53.6 Å². The summed E-state index contributed by atoms with van der Waals surface area (Å²) in [7, 11) is 0. The van der Waals surface area contributed by atoms with Crippen molar-refractivity contribution in [1.29, 1.82) is 0 Å². The lowest BCUT2D eigenvalue weighted by Crippen LogP contribution is -1.97. The molecule has 0 heterocycles. The zero-order valence-corrected chi connectivity index (χ0v) is 12.2. The normalized spacial score (nSPS) is 9.87. The fraction of sp³-hybridized carbons (Fsp3) is 0.923. The highest BCUT2D eigenvalue weighted by atomic mass is 16.6. The Bertz CT molecular complexity index is 115. The molecule has 0 unspecified atom stereocenters. The van der Waals surface area contributed by atoms with Gasteiger partial charge in [0.25, 0.3) is 0 Å². The Kier molecular flexibility index (Phi) is 21.2. The van der Waals surface area contributed by atoms with E-state index in [1.165, 1.54) is 0 Å². The molecule has 0 aromatic rings. The molecular formula is C13H31NO. The van der Waals surface area contributed by atoms with Gasteiger partial charge in [-0.2, -0.15) is 0 Å². The third-order valence-electron chi connectivity index (χ3n) is 0.631. The molecule has 0 aliphatic carbocycles. The van der Waals surface area contributed by atoms with E-state index < -0.39 is 0 Å². The molecule has 0 N–H and O–H groups in total. The molecule has 0 fully saturated rings. The summed E-state index contributed by atoms with van der Waals surface area (Å²) in [5.74, 6) is 1.31. The maximum absolute atomic E-state index is 4.92.